The van der Waals surface area contributed by atoms with Crippen molar-refractivity contribution < 1.29 is 38.2 Å². The fourth-order valence-corrected chi connectivity index (χ4v) is 14.4. The van der Waals surface area contributed by atoms with Crippen molar-refractivity contribution in [3.8, 4) is 0 Å². The standard InChI is InChI=1S/C56H84N8O8S2/c1-33(58-9)50(66)60-41-24-27-74-45-31-56(6,7)49(64(45)54(41)70)52(68)61-46-38-22-16-14-20-36(38)28-40(46)35(3)71-25-18-12-10-11-13-19-26-72-42-29-37-21-15-17-23-39(37)47(42)62-51(67)48-55(4,5)30-44(73)63(48)53(69)34(2)59-43(65)32-57-8/h14-17,20-23,33-35,40-42,44-49,57-58,73H,10-13,18-19,24-32H2,1-9H3,(H,59,65)(H,60,66)(H,61,68)(H,62,67)/t33-,34-,35+,40?,41-,42+,44-,45-,46-,47-,48+,49+/m0/s1. The minimum atomic E-state index is -0.822. The highest BCUT2D eigenvalue weighted by atomic mass is 32.2. The second-order valence-corrected chi connectivity index (χ2v) is 24.6. The second-order valence-electron chi connectivity index (χ2n) is 22.7. The number of benzene rings is 2. The number of nitrogens with zero attached hydrogens (tertiary/aromatic N) is 2. The van der Waals surface area contributed by atoms with Gasteiger partial charge in [0.05, 0.1) is 47.6 Å². The molecule has 6 amide bonds. The van der Waals surface area contributed by atoms with Crippen LogP contribution in [-0.2, 0) is 51.1 Å². The molecule has 3 aliphatic heterocycles. The van der Waals surface area contributed by atoms with Crippen LogP contribution in [0.2, 0.25) is 0 Å². The van der Waals surface area contributed by atoms with Gasteiger partial charge in [-0.2, -0.15) is 12.6 Å². The molecule has 3 fully saturated rings. The average molecular weight is 1060 g/mol. The second kappa shape index (κ2) is 25.3. The number of likely N-dealkylation sites (tertiary alicyclic amines) is 1. The number of rotatable bonds is 23. The van der Waals surface area contributed by atoms with Gasteiger partial charge in [0, 0.05) is 25.6 Å². The van der Waals surface area contributed by atoms with Gasteiger partial charge in [-0.25, -0.2) is 0 Å². The molecule has 0 bridgehead atoms. The number of ether oxygens (including phenoxy) is 2. The highest BCUT2D eigenvalue weighted by Crippen LogP contribution is 2.48. The number of carbonyl (C=O) groups is 6. The molecule has 0 radical (unpaired) electrons. The van der Waals surface area contributed by atoms with Gasteiger partial charge in [-0.1, -0.05) is 102 Å². The zero-order valence-corrected chi connectivity index (χ0v) is 46.9. The van der Waals surface area contributed by atoms with Crippen LogP contribution in [0, 0.1) is 16.7 Å². The van der Waals surface area contributed by atoms with Gasteiger partial charge in [0.15, 0.2) is 0 Å². The van der Waals surface area contributed by atoms with Crippen molar-refractivity contribution in [2.75, 3.05) is 39.6 Å². The van der Waals surface area contributed by atoms with Gasteiger partial charge in [-0.15, -0.1) is 11.8 Å². The summed E-state index contributed by atoms with van der Waals surface area (Å²) in [7, 11) is 3.38. The Labute approximate surface area is 449 Å². The van der Waals surface area contributed by atoms with Crippen LogP contribution in [0.4, 0.5) is 0 Å². The molecule has 0 saturated carbocycles. The van der Waals surface area contributed by atoms with E-state index in [2.05, 4.69) is 70.9 Å². The number of carbonyl (C=O) groups excluding carboxylic acids is 6. The molecule has 5 aliphatic rings. The molecule has 2 aromatic rings. The molecular formula is C56H84N8O8S2. The summed E-state index contributed by atoms with van der Waals surface area (Å²) < 4.78 is 13.1. The van der Waals surface area contributed by atoms with Crippen molar-refractivity contribution in [2.24, 2.45) is 16.7 Å². The SMILES string of the molecule is CNCC(=O)N[C@@H](C)C(=O)N1[C@@H](S)CC(C)(C)[C@H]1C(=O)N[C@H]1c2ccccc2C[C@H]1OCCCCCCCCO[C@H](C)C1Cc2ccccc2[C@@H]1NC(=O)[C@H]1N2C(=O)[C@@H](NC(=O)[C@H](C)NC)CCS[C@H]2CC1(C)C. The molecule has 1 unspecified atom stereocenters. The lowest BCUT2D eigenvalue weighted by Crippen LogP contribution is -2.58. The van der Waals surface area contributed by atoms with Crippen LogP contribution in [0.25, 0.3) is 0 Å². The van der Waals surface area contributed by atoms with Gasteiger partial charge in [-0.05, 0) is 112 Å². The Hall–Kier alpha value is -4.20. The first-order valence-corrected chi connectivity index (χ1v) is 28.7. The fraction of sp³-hybridized carbons (Fsp3) is 0.679. The Morgan fingerprint density at radius 3 is 2.03 bits per heavy atom. The molecule has 7 rings (SSSR count). The van der Waals surface area contributed by atoms with Crippen LogP contribution < -0.4 is 31.9 Å². The van der Waals surface area contributed by atoms with E-state index in [1.54, 1.807) is 44.6 Å². The molecule has 16 nitrogen and oxygen atoms in total. The minimum absolute atomic E-state index is 0.0213. The summed E-state index contributed by atoms with van der Waals surface area (Å²) in [5.74, 6) is -0.753. The molecule has 3 saturated heterocycles. The van der Waals surface area contributed by atoms with E-state index in [1.165, 1.54) is 10.5 Å². The van der Waals surface area contributed by atoms with Crippen LogP contribution in [0.1, 0.15) is 141 Å². The van der Waals surface area contributed by atoms with E-state index in [-0.39, 0.29) is 77.6 Å². The molecule has 12 atom stereocenters. The molecule has 2 aliphatic carbocycles. The van der Waals surface area contributed by atoms with E-state index in [1.807, 2.05) is 44.2 Å². The van der Waals surface area contributed by atoms with Crippen LogP contribution in [-0.4, -0.2) is 138 Å². The van der Waals surface area contributed by atoms with Crippen molar-refractivity contribution >= 4 is 59.8 Å². The highest BCUT2D eigenvalue weighted by molar-refractivity contribution is 7.99. The molecule has 18 heteroatoms. The van der Waals surface area contributed by atoms with Crippen LogP contribution in [0.5, 0.6) is 0 Å². The molecule has 6 N–H and O–H groups in total. The van der Waals surface area contributed by atoms with Crippen molar-refractivity contribution in [2.45, 2.75) is 184 Å². The third kappa shape index (κ3) is 13.1. The number of hydrogen-bond donors (Lipinski definition) is 7. The van der Waals surface area contributed by atoms with E-state index in [4.69, 9.17) is 22.1 Å². The first-order chi connectivity index (χ1) is 35.3. The molecule has 3 heterocycles. The topological polar surface area (TPSA) is 200 Å². The van der Waals surface area contributed by atoms with E-state index < -0.39 is 46.4 Å². The Balaban J connectivity index is 0.863. The van der Waals surface area contributed by atoms with Crippen LogP contribution in [0.15, 0.2) is 48.5 Å². The van der Waals surface area contributed by atoms with Gasteiger partial charge < -0.3 is 51.2 Å². The lowest BCUT2D eigenvalue weighted by Gasteiger charge is -2.36. The van der Waals surface area contributed by atoms with Crippen LogP contribution in [0.3, 0.4) is 0 Å². The molecular weight excluding hydrogens is 977 g/mol. The third-order valence-corrected chi connectivity index (χ3v) is 17.9. The summed E-state index contributed by atoms with van der Waals surface area (Å²) in [5.41, 5.74) is 3.43. The number of unbranched alkanes of at least 4 members (excludes halogenated alkanes) is 5. The fourth-order valence-electron chi connectivity index (χ4n) is 12.1. The van der Waals surface area contributed by atoms with Crippen molar-refractivity contribution in [3.63, 3.8) is 0 Å². The number of thioether (sulfide) groups is 1. The van der Waals surface area contributed by atoms with Crippen LogP contribution >= 0.6 is 24.4 Å². The molecule has 0 spiro atoms. The molecule has 2 aromatic carbocycles. The smallest absolute Gasteiger partial charge is 0.246 e. The lowest BCUT2D eigenvalue weighted by atomic mass is 9.83. The predicted octanol–water partition coefficient (Wildman–Crippen LogP) is 5.35. The maximum absolute atomic E-state index is 14.6. The van der Waals surface area contributed by atoms with Gasteiger partial charge in [-0.3, -0.25) is 28.8 Å². The van der Waals surface area contributed by atoms with Gasteiger partial charge in [0.2, 0.25) is 35.4 Å². The van der Waals surface area contributed by atoms with E-state index in [9.17, 15) is 28.8 Å². The van der Waals surface area contributed by atoms with Gasteiger partial charge in [0.1, 0.15) is 24.2 Å². The summed E-state index contributed by atoms with van der Waals surface area (Å²) in [6, 6.07) is 12.3. The van der Waals surface area contributed by atoms with E-state index >= 15 is 0 Å². The average Bonchev–Trinajstić information content (AvgIpc) is 4.03. The Bertz CT molecular complexity index is 2320. The third-order valence-electron chi connectivity index (χ3n) is 16.2. The summed E-state index contributed by atoms with van der Waals surface area (Å²) in [6.45, 7) is 14.9. The van der Waals surface area contributed by atoms with Gasteiger partial charge >= 0.3 is 0 Å². The number of amides is 6. The summed E-state index contributed by atoms with van der Waals surface area (Å²) in [6.07, 6.45) is 8.82. The van der Waals surface area contributed by atoms with Gasteiger partial charge in [0.25, 0.3) is 0 Å². The van der Waals surface area contributed by atoms with Crippen molar-refractivity contribution in [3.05, 3.63) is 70.8 Å². The number of fused-ring (bicyclic) bond motifs is 3. The van der Waals surface area contributed by atoms with Crippen molar-refractivity contribution in [1.29, 1.82) is 0 Å². The Morgan fingerprint density at radius 1 is 0.757 bits per heavy atom. The Kier molecular flexibility index (Phi) is 19.7. The maximum Gasteiger partial charge on any atom is 0.246 e. The monoisotopic (exact) mass is 1060 g/mol. The van der Waals surface area contributed by atoms with E-state index in [0.29, 0.717) is 44.6 Å². The summed E-state index contributed by atoms with van der Waals surface area (Å²) in [4.78, 5) is 85.5. The molecule has 408 valence electrons. The zero-order valence-electron chi connectivity index (χ0n) is 45.2. The predicted molar refractivity (Wildman–Crippen MR) is 292 cm³/mol. The minimum Gasteiger partial charge on any atom is -0.378 e. The quantitative estimate of drug-likeness (QED) is 0.0560. The number of thiol groups is 1. The number of hydrogen-bond acceptors (Lipinski definition) is 12. The zero-order chi connectivity index (χ0) is 53.5. The number of likely N-dealkylation sites (N-methyl/N-ethyl adjacent to an activating group) is 2. The highest BCUT2D eigenvalue weighted by Gasteiger charge is 2.56. The maximum atomic E-state index is 14.6. The lowest BCUT2D eigenvalue weighted by molar-refractivity contribution is -0.144. The van der Waals surface area contributed by atoms with E-state index in [0.717, 1.165) is 61.6 Å². The Morgan fingerprint density at radius 2 is 1.35 bits per heavy atom. The van der Waals surface area contributed by atoms with Crippen molar-refractivity contribution in [1.82, 2.24) is 41.7 Å². The molecule has 74 heavy (non-hydrogen) atoms. The first-order valence-electron chi connectivity index (χ1n) is 27.1. The normalized spacial score (nSPS) is 27.8. The number of nitrogens with one attached hydrogen (secondary N) is 6. The summed E-state index contributed by atoms with van der Waals surface area (Å²) >= 11 is 6.45. The first kappa shape index (κ1) is 57.5. The summed E-state index contributed by atoms with van der Waals surface area (Å²) in [5, 5.41) is 17.6. The largest absolute Gasteiger partial charge is 0.378 e. The molecule has 0 aromatic heterocycles.